The average molecular weight is 372 g/mol. The molecule has 1 heterocycles. The number of nitrogens with zero attached hydrogens (tertiary/aromatic N) is 2. The first-order valence-electron chi connectivity index (χ1n) is 9.52. The molecular weight excluding hydrogens is 338 g/mol. The summed E-state index contributed by atoms with van der Waals surface area (Å²) >= 11 is 0. The Morgan fingerprint density at radius 3 is 2.30 bits per heavy atom. The highest BCUT2D eigenvalue weighted by Crippen LogP contribution is 2.20. The molecule has 0 radical (unpaired) electrons. The minimum Gasteiger partial charge on any atom is -0.444 e. The first-order chi connectivity index (χ1) is 12.7. The number of rotatable bonds is 4. The number of alkyl carbamates (subject to hydrolysis) is 1. The SMILES string of the molecule is CCCC.Cc1nccc(-c2ccc(CNC(=O)OC(C)(C)C)c(C)c2)n1. The van der Waals surface area contributed by atoms with Crippen LogP contribution in [0.4, 0.5) is 4.79 Å². The normalized spacial score (nSPS) is 10.6. The van der Waals surface area contributed by atoms with Gasteiger partial charge < -0.3 is 10.1 Å². The number of benzene rings is 1. The molecule has 5 heteroatoms. The number of unbranched alkanes of at least 4 members (excludes halogenated alkanes) is 1. The van der Waals surface area contributed by atoms with Gasteiger partial charge in [-0.25, -0.2) is 14.8 Å². The van der Waals surface area contributed by atoms with Gasteiger partial charge in [-0.15, -0.1) is 0 Å². The molecule has 0 aliphatic heterocycles. The summed E-state index contributed by atoms with van der Waals surface area (Å²) in [6.45, 7) is 14.2. The molecule has 0 atom stereocenters. The fourth-order valence-electron chi connectivity index (χ4n) is 2.15. The predicted octanol–water partition coefficient (Wildman–Crippen LogP) is 5.59. The number of carbonyl (C=O) groups excluding carboxylic acids is 1. The summed E-state index contributed by atoms with van der Waals surface area (Å²) in [4.78, 5) is 20.3. The molecule has 0 bridgehead atoms. The van der Waals surface area contributed by atoms with Crippen LogP contribution >= 0.6 is 0 Å². The van der Waals surface area contributed by atoms with Gasteiger partial charge in [-0.1, -0.05) is 38.8 Å². The van der Waals surface area contributed by atoms with Crippen LogP contribution in [0.3, 0.4) is 0 Å². The van der Waals surface area contributed by atoms with E-state index >= 15 is 0 Å². The Kier molecular flexibility index (Phi) is 8.92. The Bertz CT molecular complexity index is 735. The highest BCUT2D eigenvalue weighted by atomic mass is 16.6. The summed E-state index contributed by atoms with van der Waals surface area (Å²) < 4.78 is 5.24. The topological polar surface area (TPSA) is 64.1 Å². The monoisotopic (exact) mass is 371 g/mol. The van der Waals surface area contributed by atoms with Gasteiger partial charge in [0.1, 0.15) is 11.4 Å². The lowest BCUT2D eigenvalue weighted by molar-refractivity contribution is 0.0523. The summed E-state index contributed by atoms with van der Waals surface area (Å²) in [5.41, 5.74) is 3.58. The van der Waals surface area contributed by atoms with Gasteiger partial charge in [-0.2, -0.15) is 0 Å². The molecule has 0 spiro atoms. The third-order valence-electron chi connectivity index (χ3n) is 3.74. The largest absolute Gasteiger partial charge is 0.444 e. The molecule has 1 amide bonds. The minimum atomic E-state index is -0.492. The van der Waals surface area contributed by atoms with Crippen LogP contribution in [0.15, 0.2) is 30.5 Å². The standard InChI is InChI=1S/C18H23N3O2.C4H10/c1-12-10-14(16-8-9-19-13(2)21-16)6-7-15(12)11-20-17(22)23-18(3,4)5;1-3-4-2/h6-10H,11H2,1-5H3,(H,20,22);3-4H2,1-2H3. The third-order valence-corrected chi connectivity index (χ3v) is 3.74. The van der Waals surface area contributed by atoms with E-state index in [0.29, 0.717) is 6.54 Å². The molecular formula is C22H33N3O2. The van der Waals surface area contributed by atoms with E-state index in [1.807, 2.05) is 52.8 Å². The molecule has 1 N–H and O–H groups in total. The molecule has 2 aromatic rings. The van der Waals surface area contributed by atoms with E-state index in [0.717, 1.165) is 28.2 Å². The Labute approximate surface area is 163 Å². The maximum atomic E-state index is 11.7. The number of nitrogens with one attached hydrogen (secondary N) is 1. The zero-order valence-electron chi connectivity index (χ0n) is 17.7. The van der Waals surface area contributed by atoms with Gasteiger partial charge in [0, 0.05) is 18.3 Å². The Hall–Kier alpha value is -2.43. The lowest BCUT2D eigenvalue weighted by atomic mass is 10.0. The zero-order chi connectivity index (χ0) is 20.4. The number of hydrogen-bond acceptors (Lipinski definition) is 4. The smallest absolute Gasteiger partial charge is 0.407 e. The van der Waals surface area contributed by atoms with E-state index in [1.54, 1.807) is 6.20 Å². The molecule has 0 aliphatic rings. The quantitative estimate of drug-likeness (QED) is 0.760. The summed E-state index contributed by atoms with van der Waals surface area (Å²) in [6, 6.07) is 7.95. The van der Waals surface area contributed by atoms with E-state index in [2.05, 4.69) is 35.2 Å². The van der Waals surface area contributed by atoms with Crippen LogP contribution < -0.4 is 5.32 Å². The van der Waals surface area contributed by atoms with Crippen molar-refractivity contribution in [1.29, 1.82) is 0 Å². The van der Waals surface area contributed by atoms with Crippen LogP contribution in [0.25, 0.3) is 11.3 Å². The lowest BCUT2D eigenvalue weighted by Crippen LogP contribution is -2.32. The zero-order valence-corrected chi connectivity index (χ0v) is 17.7. The second kappa shape index (κ2) is 10.7. The summed E-state index contributed by atoms with van der Waals surface area (Å²) in [6.07, 6.45) is 3.98. The molecule has 1 aromatic carbocycles. The maximum absolute atomic E-state index is 11.7. The lowest BCUT2D eigenvalue weighted by Gasteiger charge is -2.20. The van der Waals surface area contributed by atoms with Crippen molar-refractivity contribution in [2.24, 2.45) is 0 Å². The molecule has 0 unspecified atom stereocenters. The van der Waals surface area contributed by atoms with Crippen molar-refractivity contribution in [2.45, 2.75) is 73.5 Å². The van der Waals surface area contributed by atoms with Crippen molar-refractivity contribution >= 4 is 6.09 Å². The molecule has 1 aromatic heterocycles. The molecule has 0 saturated carbocycles. The van der Waals surface area contributed by atoms with E-state index in [4.69, 9.17) is 4.74 Å². The van der Waals surface area contributed by atoms with Gasteiger partial charge in [0.2, 0.25) is 0 Å². The maximum Gasteiger partial charge on any atom is 0.407 e. The molecule has 27 heavy (non-hydrogen) atoms. The van der Waals surface area contributed by atoms with Crippen LogP contribution in [0.1, 0.15) is 64.4 Å². The number of ether oxygens (including phenoxy) is 1. The van der Waals surface area contributed by atoms with Gasteiger partial charge in [0.15, 0.2) is 0 Å². The molecule has 2 rings (SSSR count). The molecule has 5 nitrogen and oxygen atoms in total. The first-order valence-corrected chi connectivity index (χ1v) is 9.52. The van der Waals surface area contributed by atoms with Crippen LogP contribution in [0, 0.1) is 13.8 Å². The fraction of sp³-hybridized carbons (Fsp3) is 0.500. The summed E-state index contributed by atoms with van der Waals surface area (Å²) in [7, 11) is 0. The number of aromatic nitrogens is 2. The van der Waals surface area contributed by atoms with Crippen molar-refractivity contribution in [2.75, 3.05) is 0 Å². The number of amides is 1. The fourth-order valence-corrected chi connectivity index (χ4v) is 2.15. The van der Waals surface area contributed by atoms with Crippen molar-refractivity contribution in [3.63, 3.8) is 0 Å². The van der Waals surface area contributed by atoms with E-state index in [9.17, 15) is 4.79 Å². The van der Waals surface area contributed by atoms with E-state index in [-0.39, 0.29) is 0 Å². The van der Waals surface area contributed by atoms with Crippen LogP contribution in [0.5, 0.6) is 0 Å². The van der Waals surface area contributed by atoms with Gasteiger partial charge in [0.25, 0.3) is 0 Å². The van der Waals surface area contributed by atoms with Crippen molar-refractivity contribution in [3.05, 3.63) is 47.4 Å². The van der Waals surface area contributed by atoms with Gasteiger partial charge in [-0.05, 0) is 57.9 Å². The Morgan fingerprint density at radius 2 is 1.78 bits per heavy atom. The van der Waals surface area contributed by atoms with E-state index in [1.165, 1.54) is 12.8 Å². The number of carbonyl (C=O) groups is 1. The van der Waals surface area contributed by atoms with Gasteiger partial charge >= 0.3 is 6.09 Å². The second-order valence-electron chi connectivity index (χ2n) is 7.49. The predicted molar refractivity (Wildman–Crippen MR) is 111 cm³/mol. The number of hydrogen-bond donors (Lipinski definition) is 1. The van der Waals surface area contributed by atoms with Crippen molar-refractivity contribution < 1.29 is 9.53 Å². The number of aryl methyl sites for hydroxylation is 2. The first kappa shape index (κ1) is 22.6. The summed E-state index contributed by atoms with van der Waals surface area (Å²) in [5, 5.41) is 2.78. The van der Waals surface area contributed by atoms with Crippen LogP contribution in [0.2, 0.25) is 0 Å². The van der Waals surface area contributed by atoms with Crippen molar-refractivity contribution in [3.8, 4) is 11.3 Å². The molecule has 0 fully saturated rings. The average Bonchev–Trinajstić information content (AvgIpc) is 2.59. The van der Waals surface area contributed by atoms with Crippen molar-refractivity contribution in [1.82, 2.24) is 15.3 Å². The third kappa shape index (κ3) is 8.67. The summed E-state index contributed by atoms with van der Waals surface area (Å²) in [5.74, 6) is 0.746. The Balaban J connectivity index is 0.000000828. The van der Waals surface area contributed by atoms with Crippen LogP contribution in [-0.2, 0) is 11.3 Å². The Morgan fingerprint density at radius 1 is 1.11 bits per heavy atom. The van der Waals surface area contributed by atoms with E-state index < -0.39 is 11.7 Å². The second-order valence-corrected chi connectivity index (χ2v) is 7.49. The van der Waals surface area contributed by atoms with Crippen LogP contribution in [-0.4, -0.2) is 21.7 Å². The van der Waals surface area contributed by atoms with Gasteiger partial charge in [0.05, 0.1) is 5.69 Å². The molecule has 0 aliphatic carbocycles. The highest BCUT2D eigenvalue weighted by Gasteiger charge is 2.16. The highest BCUT2D eigenvalue weighted by molar-refractivity contribution is 5.68. The minimum absolute atomic E-state index is 0.410. The van der Waals surface area contributed by atoms with Gasteiger partial charge in [-0.3, -0.25) is 0 Å². The molecule has 0 saturated heterocycles. The molecule has 148 valence electrons.